The van der Waals surface area contributed by atoms with Crippen molar-refractivity contribution >= 4 is 5.91 Å². The number of rotatable bonds is 9. The Kier molecular flexibility index (Phi) is 7.73. The van der Waals surface area contributed by atoms with Crippen LogP contribution in [0, 0.1) is 0 Å². The number of halogens is 2. The first kappa shape index (κ1) is 22.1. The number of alkyl halides is 2. The van der Waals surface area contributed by atoms with Crippen molar-refractivity contribution in [3.63, 3.8) is 0 Å². The number of benzene rings is 2. The molecule has 3 rings (SSSR count). The second-order valence-electron chi connectivity index (χ2n) is 7.21. The molecule has 0 spiro atoms. The molecule has 2 aromatic carbocycles. The third-order valence-electron chi connectivity index (χ3n) is 5.21. The van der Waals surface area contributed by atoms with Crippen LogP contribution >= 0.6 is 0 Å². The van der Waals surface area contributed by atoms with Crippen LogP contribution in [-0.4, -0.2) is 53.4 Å². The van der Waals surface area contributed by atoms with E-state index in [2.05, 4.69) is 10.1 Å². The van der Waals surface area contributed by atoms with Crippen molar-refractivity contribution in [1.29, 1.82) is 0 Å². The summed E-state index contributed by atoms with van der Waals surface area (Å²) in [6.45, 7) is -1.98. The second-order valence-corrected chi connectivity index (χ2v) is 7.21. The summed E-state index contributed by atoms with van der Waals surface area (Å²) in [5.74, 6) is -0.295. The largest absolute Gasteiger partial charge is 0.435 e. The molecule has 30 heavy (non-hydrogen) atoms. The van der Waals surface area contributed by atoms with Crippen LogP contribution in [0.15, 0.2) is 54.6 Å². The van der Waals surface area contributed by atoms with Crippen LogP contribution in [0.1, 0.15) is 36.1 Å². The van der Waals surface area contributed by atoms with Gasteiger partial charge in [0.25, 0.3) is 0 Å². The Morgan fingerprint density at radius 1 is 1.03 bits per heavy atom. The van der Waals surface area contributed by atoms with Gasteiger partial charge in [0, 0.05) is 13.1 Å². The highest BCUT2D eigenvalue weighted by molar-refractivity contribution is 5.83. The van der Waals surface area contributed by atoms with E-state index in [0.717, 1.165) is 18.4 Å². The number of aliphatic hydroxyl groups excluding tert-OH is 2. The van der Waals surface area contributed by atoms with E-state index in [-0.39, 0.29) is 18.3 Å². The first-order chi connectivity index (χ1) is 14.5. The van der Waals surface area contributed by atoms with Gasteiger partial charge in [0.15, 0.2) is 0 Å². The molecule has 3 N–H and O–H groups in total. The summed E-state index contributed by atoms with van der Waals surface area (Å²) in [5.41, 5.74) is 1.17. The summed E-state index contributed by atoms with van der Waals surface area (Å²) in [6, 6.07) is 13.1. The van der Waals surface area contributed by atoms with E-state index in [0.29, 0.717) is 18.7 Å². The van der Waals surface area contributed by atoms with Crippen molar-refractivity contribution in [2.24, 2.45) is 0 Å². The van der Waals surface area contributed by atoms with Crippen LogP contribution in [0.5, 0.6) is 5.75 Å². The van der Waals surface area contributed by atoms with E-state index in [1.54, 1.807) is 4.90 Å². The SMILES string of the molecule is O=C([C@@H](N[C@H](CO)c1ccccc1)[C@H](O)c1ccc(OC(F)F)cc1)N1CCCC1. The fourth-order valence-electron chi connectivity index (χ4n) is 3.63. The lowest BCUT2D eigenvalue weighted by molar-refractivity contribution is -0.135. The lowest BCUT2D eigenvalue weighted by Gasteiger charge is -2.31. The summed E-state index contributed by atoms with van der Waals surface area (Å²) in [5, 5.41) is 24.0. The zero-order valence-corrected chi connectivity index (χ0v) is 16.5. The summed E-state index contributed by atoms with van der Waals surface area (Å²) in [6.07, 6.45) is 0.559. The molecule has 3 atom stereocenters. The molecular formula is C22H26F2N2O4. The average Bonchev–Trinajstić information content (AvgIpc) is 3.29. The van der Waals surface area contributed by atoms with Crippen LogP contribution in [0.2, 0.25) is 0 Å². The number of carbonyl (C=O) groups excluding carboxylic acids is 1. The van der Waals surface area contributed by atoms with Gasteiger partial charge in [-0.05, 0) is 36.1 Å². The highest BCUT2D eigenvalue weighted by atomic mass is 19.3. The summed E-state index contributed by atoms with van der Waals surface area (Å²) in [7, 11) is 0. The minimum Gasteiger partial charge on any atom is -0.435 e. The molecule has 0 aromatic heterocycles. The van der Waals surface area contributed by atoms with Gasteiger partial charge in [-0.2, -0.15) is 8.78 Å². The Labute approximate surface area is 174 Å². The first-order valence-corrected chi connectivity index (χ1v) is 9.93. The third kappa shape index (κ3) is 5.53. The Morgan fingerprint density at radius 3 is 2.23 bits per heavy atom. The second kappa shape index (κ2) is 10.5. The van der Waals surface area contributed by atoms with Gasteiger partial charge in [0.2, 0.25) is 5.91 Å². The molecule has 1 aliphatic heterocycles. The first-order valence-electron chi connectivity index (χ1n) is 9.93. The van der Waals surface area contributed by atoms with Crippen molar-refractivity contribution in [2.75, 3.05) is 19.7 Å². The number of ether oxygens (including phenoxy) is 1. The Hall–Kier alpha value is -2.55. The van der Waals surface area contributed by atoms with Gasteiger partial charge in [-0.1, -0.05) is 42.5 Å². The van der Waals surface area contributed by atoms with Crippen molar-refractivity contribution in [3.05, 3.63) is 65.7 Å². The minimum absolute atomic E-state index is 0.0335. The van der Waals surface area contributed by atoms with Gasteiger partial charge < -0.3 is 19.8 Å². The van der Waals surface area contributed by atoms with E-state index >= 15 is 0 Å². The monoisotopic (exact) mass is 420 g/mol. The number of nitrogens with one attached hydrogen (secondary N) is 1. The maximum Gasteiger partial charge on any atom is 0.387 e. The molecule has 162 valence electrons. The molecular weight excluding hydrogens is 394 g/mol. The highest BCUT2D eigenvalue weighted by Gasteiger charge is 2.34. The van der Waals surface area contributed by atoms with Gasteiger partial charge in [-0.25, -0.2) is 0 Å². The van der Waals surface area contributed by atoms with E-state index in [1.165, 1.54) is 24.3 Å². The Morgan fingerprint density at radius 2 is 1.67 bits per heavy atom. The molecule has 1 amide bonds. The number of carbonyl (C=O) groups is 1. The molecule has 1 heterocycles. The number of nitrogens with zero attached hydrogens (tertiary/aromatic N) is 1. The van der Waals surface area contributed by atoms with Gasteiger partial charge in [0.05, 0.1) is 12.6 Å². The van der Waals surface area contributed by atoms with E-state index in [9.17, 15) is 23.8 Å². The Bertz CT molecular complexity index is 799. The molecule has 0 radical (unpaired) electrons. The number of hydrogen-bond acceptors (Lipinski definition) is 5. The van der Waals surface area contributed by atoms with Crippen LogP contribution in [0.25, 0.3) is 0 Å². The van der Waals surface area contributed by atoms with Crippen molar-refractivity contribution in [3.8, 4) is 5.75 Å². The molecule has 0 unspecified atom stereocenters. The fraction of sp³-hybridized carbons (Fsp3) is 0.409. The molecule has 0 saturated carbocycles. The maximum atomic E-state index is 13.2. The molecule has 1 fully saturated rings. The molecule has 0 bridgehead atoms. The molecule has 2 aromatic rings. The number of hydrogen-bond donors (Lipinski definition) is 3. The lowest BCUT2D eigenvalue weighted by Crippen LogP contribution is -2.50. The fourth-order valence-corrected chi connectivity index (χ4v) is 3.63. The van der Waals surface area contributed by atoms with Crippen molar-refractivity contribution < 1.29 is 28.5 Å². The van der Waals surface area contributed by atoms with Crippen molar-refractivity contribution in [1.82, 2.24) is 10.2 Å². The molecule has 8 heteroatoms. The normalized spacial score (nSPS) is 17.0. The van der Waals surface area contributed by atoms with E-state index in [4.69, 9.17) is 0 Å². The predicted octanol–water partition coefficient (Wildman–Crippen LogP) is 2.64. The van der Waals surface area contributed by atoms with Crippen LogP contribution in [0.4, 0.5) is 8.78 Å². The topological polar surface area (TPSA) is 82.0 Å². The lowest BCUT2D eigenvalue weighted by atomic mass is 9.98. The standard InChI is InChI=1S/C22H26F2N2O4/c23-22(24)30-17-10-8-16(9-11-17)20(28)19(21(29)26-12-4-5-13-26)25-18(14-27)15-6-2-1-3-7-15/h1-3,6-11,18-20,22,25,27-28H,4-5,12-14H2/t18-,19+,20-/m1/s1. The summed E-state index contributed by atoms with van der Waals surface area (Å²) < 4.78 is 29.1. The quantitative estimate of drug-likeness (QED) is 0.581. The zero-order chi connectivity index (χ0) is 21.5. The number of amides is 1. The average molecular weight is 420 g/mol. The van der Waals surface area contributed by atoms with Crippen LogP contribution in [-0.2, 0) is 4.79 Å². The third-order valence-corrected chi connectivity index (χ3v) is 5.21. The van der Waals surface area contributed by atoms with Crippen LogP contribution in [0.3, 0.4) is 0 Å². The molecule has 6 nitrogen and oxygen atoms in total. The van der Waals surface area contributed by atoms with Gasteiger partial charge >= 0.3 is 6.61 Å². The van der Waals surface area contributed by atoms with Gasteiger partial charge in [-0.15, -0.1) is 0 Å². The van der Waals surface area contributed by atoms with Crippen molar-refractivity contribution in [2.45, 2.75) is 37.6 Å². The van der Waals surface area contributed by atoms with Gasteiger partial charge in [-0.3, -0.25) is 10.1 Å². The molecule has 0 aliphatic carbocycles. The maximum absolute atomic E-state index is 13.2. The predicted molar refractivity (Wildman–Crippen MR) is 107 cm³/mol. The molecule has 1 aliphatic rings. The summed E-state index contributed by atoms with van der Waals surface area (Å²) >= 11 is 0. The van der Waals surface area contributed by atoms with Gasteiger partial charge in [0.1, 0.15) is 17.9 Å². The highest BCUT2D eigenvalue weighted by Crippen LogP contribution is 2.25. The number of aliphatic hydroxyl groups is 2. The minimum atomic E-state index is -2.94. The van der Waals surface area contributed by atoms with E-state index in [1.807, 2.05) is 30.3 Å². The number of likely N-dealkylation sites (tertiary alicyclic amines) is 1. The zero-order valence-electron chi connectivity index (χ0n) is 16.5. The van der Waals surface area contributed by atoms with Crippen LogP contribution < -0.4 is 10.1 Å². The summed E-state index contributed by atoms with van der Waals surface area (Å²) in [4.78, 5) is 14.8. The smallest absolute Gasteiger partial charge is 0.387 e. The Balaban J connectivity index is 1.83. The van der Waals surface area contributed by atoms with E-state index < -0.39 is 24.8 Å². The molecule has 1 saturated heterocycles.